The molecule has 1 aliphatic carbocycles. The molecule has 1 N–H and O–H groups in total. The molecule has 1 saturated heterocycles. The van der Waals surface area contributed by atoms with Gasteiger partial charge in [-0.25, -0.2) is 0 Å². The summed E-state index contributed by atoms with van der Waals surface area (Å²) in [6.07, 6.45) is 6.41. The fourth-order valence-electron chi connectivity index (χ4n) is 6.13. The third kappa shape index (κ3) is 4.41. The van der Waals surface area contributed by atoms with E-state index >= 15 is 0 Å². The lowest BCUT2D eigenvalue weighted by atomic mass is 9.70. The number of benzene rings is 2. The van der Waals surface area contributed by atoms with Crippen LogP contribution >= 0.6 is 0 Å². The first kappa shape index (κ1) is 25.2. The monoisotopic (exact) mass is 465 g/mol. The van der Waals surface area contributed by atoms with E-state index in [9.17, 15) is 5.11 Å². The van der Waals surface area contributed by atoms with Gasteiger partial charge in [-0.05, 0) is 66.6 Å². The van der Waals surface area contributed by atoms with Gasteiger partial charge in [-0.15, -0.1) is 0 Å². The molecule has 1 heterocycles. The summed E-state index contributed by atoms with van der Waals surface area (Å²) >= 11 is 0. The molecule has 1 aliphatic heterocycles. The summed E-state index contributed by atoms with van der Waals surface area (Å²) in [6.45, 7) is 12.1. The van der Waals surface area contributed by atoms with Crippen LogP contribution in [-0.4, -0.2) is 49.0 Å². The maximum Gasteiger partial charge on any atom is 0.119 e. The van der Waals surface area contributed by atoms with Crippen LogP contribution < -0.4 is 4.74 Å². The number of methoxy groups -OCH3 is 1. The van der Waals surface area contributed by atoms with Crippen LogP contribution in [0.3, 0.4) is 0 Å². The normalized spacial score (nSPS) is 18.4. The van der Waals surface area contributed by atoms with Gasteiger partial charge in [0.2, 0.25) is 0 Å². The van der Waals surface area contributed by atoms with E-state index in [2.05, 4.69) is 69.0 Å². The molecule has 2 aromatic rings. The Bertz CT molecular complexity index is 969. The number of aliphatic hydroxyl groups excluding tert-OH is 1. The highest BCUT2D eigenvalue weighted by Crippen LogP contribution is 2.55. The zero-order valence-electron chi connectivity index (χ0n) is 21.8. The van der Waals surface area contributed by atoms with Crippen LogP contribution in [0.25, 0.3) is 11.1 Å². The number of rotatable bonds is 10. The molecule has 0 bridgehead atoms. The largest absolute Gasteiger partial charge is 0.497 e. The molecule has 2 aromatic carbocycles. The summed E-state index contributed by atoms with van der Waals surface area (Å²) in [4.78, 5) is 2.37. The van der Waals surface area contributed by atoms with Gasteiger partial charge in [0.1, 0.15) is 5.75 Å². The van der Waals surface area contributed by atoms with Crippen LogP contribution in [0.1, 0.15) is 89.0 Å². The van der Waals surface area contributed by atoms with Crippen molar-refractivity contribution in [2.24, 2.45) is 0 Å². The van der Waals surface area contributed by atoms with Crippen LogP contribution in [0.2, 0.25) is 0 Å². The number of unbranched alkanes of at least 4 members (excludes halogenated alkanes) is 2. The Morgan fingerprint density at radius 1 is 0.971 bits per heavy atom. The predicted octanol–water partition coefficient (Wildman–Crippen LogP) is 6.49. The predicted molar refractivity (Wildman–Crippen MR) is 140 cm³/mol. The minimum absolute atomic E-state index is 0.0237. The summed E-state index contributed by atoms with van der Waals surface area (Å²) in [5.74, 6) is 0.928. The van der Waals surface area contributed by atoms with Crippen molar-refractivity contribution in [3.05, 3.63) is 53.1 Å². The van der Waals surface area contributed by atoms with Crippen molar-refractivity contribution in [3.63, 3.8) is 0 Å². The quantitative estimate of drug-likeness (QED) is 0.436. The summed E-state index contributed by atoms with van der Waals surface area (Å²) < 4.78 is 11.2. The van der Waals surface area contributed by atoms with Gasteiger partial charge in [-0.3, -0.25) is 4.90 Å². The van der Waals surface area contributed by atoms with Gasteiger partial charge in [0, 0.05) is 24.0 Å². The molecule has 0 saturated carbocycles. The number of ether oxygens (including phenoxy) is 2. The maximum absolute atomic E-state index is 11.7. The topological polar surface area (TPSA) is 41.9 Å². The van der Waals surface area contributed by atoms with Crippen molar-refractivity contribution in [1.29, 1.82) is 0 Å². The van der Waals surface area contributed by atoms with Crippen molar-refractivity contribution in [2.75, 3.05) is 33.4 Å². The molecule has 0 amide bonds. The molecule has 0 radical (unpaired) electrons. The van der Waals surface area contributed by atoms with E-state index in [0.717, 1.165) is 50.5 Å². The number of aliphatic hydroxyl groups is 1. The third-order valence-electron chi connectivity index (χ3n) is 8.32. The highest BCUT2D eigenvalue weighted by molar-refractivity contribution is 5.82. The Labute approximate surface area is 206 Å². The second-order valence-corrected chi connectivity index (χ2v) is 10.7. The van der Waals surface area contributed by atoms with Gasteiger partial charge in [0.15, 0.2) is 0 Å². The number of hydrogen-bond donors (Lipinski definition) is 1. The van der Waals surface area contributed by atoms with E-state index in [1.165, 1.54) is 47.9 Å². The summed E-state index contributed by atoms with van der Waals surface area (Å²) in [5, 5.41) is 11.7. The number of morpholine rings is 1. The number of hydrogen-bond acceptors (Lipinski definition) is 4. The van der Waals surface area contributed by atoms with E-state index in [4.69, 9.17) is 9.47 Å². The Balaban J connectivity index is 1.81. The highest BCUT2D eigenvalue weighted by Gasteiger charge is 2.44. The molecule has 4 rings (SSSR count). The molecular weight excluding hydrogens is 422 g/mol. The van der Waals surface area contributed by atoms with Crippen LogP contribution in [0.4, 0.5) is 0 Å². The molecule has 4 nitrogen and oxygen atoms in total. The lowest BCUT2D eigenvalue weighted by molar-refractivity contribution is -0.0630. The van der Waals surface area contributed by atoms with Crippen molar-refractivity contribution >= 4 is 0 Å². The average molecular weight is 466 g/mol. The molecule has 0 aromatic heterocycles. The number of nitrogens with zero attached hydrogens (tertiary/aromatic N) is 1. The Morgan fingerprint density at radius 3 is 2.15 bits per heavy atom. The van der Waals surface area contributed by atoms with Gasteiger partial charge >= 0.3 is 0 Å². The van der Waals surface area contributed by atoms with Crippen LogP contribution in [-0.2, 0) is 10.2 Å². The fourth-order valence-corrected chi connectivity index (χ4v) is 6.13. The van der Waals surface area contributed by atoms with Crippen molar-refractivity contribution in [2.45, 2.75) is 83.3 Å². The van der Waals surface area contributed by atoms with Gasteiger partial charge in [0.25, 0.3) is 0 Å². The molecule has 1 unspecified atom stereocenters. The second kappa shape index (κ2) is 10.4. The average Bonchev–Trinajstić information content (AvgIpc) is 3.14. The van der Waals surface area contributed by atoms with Gasteiger partial charge in [-0.2, -0.15) is 0 Å². The molecule has 186 valence electrons. The Kier molecular flexibility index (Phi) is 7.71. The zero-order chi connectivity index (χ0) is 24.3. The van der Waals surface area contributed by atoms with Crippen molar-refractivity contribution in [1.82, 2.24) is 4.90 Å². The summed E-state index contributed by atoms with van der Waals surface area (Å²) in [6, 6.07) is 13.3. The zero-order valence-corrected chi connectivity index (χ0v) is 21.8. The molecular formula is C30H43NO3. The standard InChI is InChI=1S/C30H43NO3/c1-6-8-14-30(15-9-7-2)26-20-22(28(32)29(3,4)31-16-18-34-19-17-31)10-12-24(26)25-13-11-23(33-5)21-27(25)30/h10-13,20-21,28,32H,6-9,14-19H2,1-5H3. The van der Waals surface area contributed by atoms with E-state index in [0.29, 0.717) is 0 Å². The Hall–Kier alpha value is -1.88. The Morgan fingerprint density at radius 2 is 1.56 bits per heavy atom. The van der Waals surface area contributed by atoms with Crippen LogP contribution in [0.5, 0.6) is 5.75 Å². The van der Waals surface area contributed by atoms with Gasteiger partial charge in [0.05, 0.1) is 26.4 Å². The maximum atomic E-state index is 11.7. The van der Waals surface area contributed by atoms with Crippen molar-refractivity contribution < 1.29 is 14.6 Å². The first-order valence-corrected chi connectivity index (χ1v) is 13.2. The first-order valence-electron chi connectivity index (χ1n) is 13.2. The highest BCUT2D eigenvalue weighted by atomic mass is 16.5. The third-order valence-corrected chi connectivity index (χ3v) is 8.32. The molecule has 34 heavy (non-hydrogen) atoms. The van der Waals surface area contributed by atoms with E-state index in [1.807, 2.05) is 0 Å². The molecule has 0 spiro atoms. The van der Waals surface area contributed by atoms with Gasteiger partial charge < -0.3 is 14.6 Å². The first-order chi connectivity index (χ1) is 16.4. The van der Waals surface area contributed by atoms with E-state index in [-0.39, 0.29) is 11.0 Å². The van der Waals surface area contributed by atoms with E-state index in [1.54, 1.807) is 7.11 Å². The lowest BCUT2D eigenvalue weighted by Crippen LogP contribution is -2.53. The van der Waals surface area contributed by atoms with Crippen molar-refractivity contribution in [3.8, 4) is 16.9 Å². The molecule has 2 aliphatic rings. The van der Waals surface area contributed by atoms with Gasteiger partial charge in [-0.1, -0.05) is 63.8 Å². The fraction of sp³-hybridized carbons (Fsp3) is 0.600. The molecule has 1 atom stereocenters. The second-order valence-electron chi connectivity index (χ2n) is 10.7. The van der Waals surface area contributed by atoms with Crippen LogP contribution in [0.15, 0.2) is 36.4 Å². The lowest BCUT2D eigenvalue weighted by Gasteiger charge is -2.44. The van der Waals surface area contributed by atoms with E-state index < -0.39 is 6.10 Å². The molecule has 1 fully saturated rings. The van der Waals surface area contributed by atoms with Crippen LogP contribution in [0, 0.1) is 0 Å². The minimum Gasteiger partial charge on any atom is -0.497 e. The SMILES string of the molecule is CCCCC1(CCCC)c2cc(OC)ccc2-c2ccc(C(O)C(C)(C)N3CCOCC3)cc21. The smallest absolute Gasteiger partial charge is 0.119 e. The minimum atomic E-state index is -0.566. The molecule has 4 heteroatoms. The summed E-state index contributed by atoms with van der Waals surface area (Å²) in [7, 11) is 1.76. The summed E-state index contributed by atoms with van der Waals surface area (Å²) in [5.41, 5.74) is 6.09. The number of fused-ring (bicyclic) bond motifs is 3.